The zero-order valence-corrected chi connectivity index (χ0v) is 32.7. The number of hydrogen-bond acceptors (Lipinski definition) is 8. The molecule has 1 aromatic heterocycles. The zero-order valence-electron chi connectivity index (χ0n) is 32.0. The standard InChI is InChI=1S/C46H46ClN5O6/c47-38-27-32(28-48-29-41(53)36-16-19-42(45-37(36)17-20-43(54)51-45)57-30-31-9-3-1-4-10-31)15-18-40(38)49-44(55)23-26-52-24-21-34(22-25-52)58-46(56)50-39-14-8-7-13-35(39)33-11-5-2-6-12-33/h1-20,27,34,41,48,53H,21-26,28-30H2,(H,49,55)(H,50,56)(H,51,54)/t41-/m1/s1. The molecule has 298 valence electrons. The van der Waals surface area contributed by atoms with Crippen LogP contribution in [0.5, 0.6) is 5.75 Å². The van der Waals surface area contributed by atoms with E-state index in [9.17, 15) is 19.5 Å². The minimum atomic E-state index is -0.864. The number of fused-ring (bicyclic) bond motifs is 1. The molecule has 5 aromatic carbocycles. The summed E-state index contributed by atoms with van der Waals surface area (Å²) in [5.74, 6) is 0.383. The van der Waals surface area contributed by atoms with Gasteiger partial charge >= 0.3 is 6.09 Å². The van der Waals surface area contributed by atoms with Crippen molar-refractivity contribution in [1.82, 2.24) is 15.2 Å². The first-order valence-electron chi connectivity index (χ1n) is 19.4. The van der Waals surface area contributed by atoms with Crippen LogP contribution in [0.3, 0.4) is 0 Å². The van der Waals surface area contributed by atoms with E-state index in [2.05, 4.69) is 25.8 Å². The largest absolute Gasteiger partial charge is 0.487 e. The van der Waals surface area contributed by atoms with Crippen molar-refractivity contribution < 1.29 is 24.2 Å². The molecule has 1 aliphatic rings. The van der Waals surface area contributed by atoms with Crippen LogP contribution in [0.25, 0.3) is 22.0 Å². The number of ether oxygens (including phenoxy) is 2. The lowest BCUT2D eigenvalue weighted by Crippen LogP contribution is -2.39. The van der Waals surface area contributed by atoms with E-state index in [0.29, 0.717) is 90.7 Å². The van der Waals surface area contributed by atoms with Crippen molar-refractivity contribution >= 4 is 45.9 Å². The van der Waals surface area contributed by atoms with Gasteiger partial charge in [0.2, 0.25) is 11.5 Å². The molecule has 11 nitrogen and oxygen atoms in total. The lowest BCUT2D eigenvalue weighted by atomic mass is 10.0. The van der Waals surface area contributed by atoms with Crippen LogP contribution < -0.4 is 26.2 Å². The van der Waals surface area contributed by atoms with Crippen molar-refractivity contribution in [3.05, 3.63) is 159 Å². The van der Waals surface area contributed by atoms with Gasteiger partial charge in [0.05, 0.1) is 28.0 Å². The van der Waals surface area contributed by atoms with E-state index >= 15 is 0 Å². The molecule has 0 unspecified atom stereocenters. The molecule has 0 spiro atoms. The van der Waals surface area contributed by atoms with E-state index in [0.717, 1.165) is 22.3 Å². The summed E-state index contributed by atoms with van der Waals surface area (Å²) < 4.78 is 11.8. The summed E-state index contributed by atoms with van der Waals surface area (Å²) in [5, 5.41) is 21.4. The third kappa shape index (κ3) is 10.7. The number of amides is 2. The van der Waals surface area contributed by atoms with E-state index in [4.69, 9.17) is 21.1 Å². The van der Waals surface area contributed by atoms with Crippen LogP contribution >= 0.6 is 11.6 Å². The Hall–Kier alpha value is -5.98. The first kappa shape index (κ1) is 40.2. The molecule has 58 heavy (non-hydrogen) atoms. The summed E-state index contributed by atoms with van der Waals surface area (Å²) in [6.45, 7) is 3.02. The van der Waals surface area contributed by atoms with Gasteiger partial charge in [0, 0.05) is 56.2 Å². The van der Waals surface area contributed by atoms with Crippen LogP contribution in [0.2, 0.25) is 5.02 Å². The van der Waals surface area contributed by atoms with Crippen molar-refractivity contribution in [2.45, 2.75) is 44.6 Å². The second-order valence-electron chi connectivity index (χ2n) is 14.3. The number of piperidine rings is 1. The number of pyridine rings is 1. The Morgan fingerprint density at radius 3 is 2.34 bits per heavy atom. The van der Waals surface area contributed by atoms with Crippen LogP contribution in [-0.2, 0) is 22.7 Å². The highest BCUT2D eigenvalue weighted by atomic mass is 35.5. The molecule has 6 aromatic rings. The molecular weight excluding hydrogens is 754 g/mol. The number of aliphatic hydroxyl groups is 1. The number of aliphatic hydroxyl groups excluding tert-OH is 1. The topological polar surface area (TPSA) is 145 Å². The Labute approximate surface area is 342 Å². The number of aromatic amines is 1. The lowest BCUT2D eigenvalue weighted by Gasteiger charge is -2.31. The number of rotatable bonds is 15. The maximum atomic E-state index is 12.9. The maximum absolute atomic E-state index is 12.9. The maximum Gasteiger partial charge on any atom is 0.411 e. The van der Waals surface area contributed by atoms with E-state index in [1.807, 2.05) is 97.1 Å². The van der Waals surface area contributed by atoms with Gasteiger partial charge < -0.3 is 35.1 Å². The first-order valence-corrected chi connectivity index (χ1v) is 19.8. The van der Waals surface area contributed by atoms with Gasteiger partial charge in [-0.2, -0.15) is 0 Å². The van der Waals surface area contributed by atoms with Gasteiger partial charge in [-0.05, 0) is 65.4 Å². The Bertz CT molecular complexity index is 2380. The average Bonchev–Trinajstić information content (AvgIpc) is 3.24. The molecule has 7 rings (SSSR count). The van der Waals surface area contributed by atoms with Crippen molar-refractivity contribution in [2.75, 3.05) is 36.8 Å². The Morgan fingerprint density at radius 1 is 0.828 bits per heavy atom. The zero-order chi connectivity index (χ0) is 40.3. The van der Waals surface area contributed by atoms with Gasteiger partial charge in [-0.1, -0.05) is 103 Å². The number of nitrogens with one attached hydrogen (secondary N) is 4. The number of carbonyl (C=O) groups is 2. The third-order valence-corrected chi connectivity index (χ3v) is 10.5. The monoisotopic (exact) mass is 799 g/mol. The first-order chi connectivity index (χ1) is 28.3. The fourth-order valence-electron chi connectivity index (χ4n) is 7.10. The van der Waals surface area contributed by atoms with Gasteiger partial charge in [-0.25, -0.2) is 4.79 Å². The Balaban J connectivity index is 0.831. The smallest absolute Gasteiger partial charge is 0.411 e. The summed E-state index contributed by atoms with van der Waals surface area (Å²) in [7, 11) is 0. The van der Waals surface area contributed by atoms with Gasteiger partial charge in [-0.3, -0.25) is 14.9 Å². The minimum Gasteiger partial charge on any atom is -0.487 e. The van der Waals surface area contributed by atoms with Crippen molar-refractivity contribution in [3.8, 4) is 16.9 Å². The van der Waals surface area contributed by atoms with Crippen molar-refractivity contribution in [2.24, 2.45) is 0 Å². The van der Waals surface area contributed by atoms with Gasteiger partial charge in [0.25, 0.3) is 0 Å². The fraction of sp³-hybridized carbons (Fsp3) is 0.239. The molecule has 1 aliphatic heterocycles. The average molecular weight is 800 g/mol. The molecule has 0 aliphatic carbocycles. The predicted octanol–water partition coefficient (Wildman–Crippen LogP) is 8.29. The highest BCUT2D eigenvalue weighted by molar-refractivity contribution is 6.33. The molecule has 1 atom stereocenters. The Morgan fingerprint density at radius 2 is 1.57 bits per heavy atom. The van der Waals surface area contributed by atoms with Crippen LogP contribution in [0, 0.1) is 0 Å². The van der Waals surface area contributed by atoms with Crippen LogP contribution in [0.1, 0.15) is 42.1 Å². The van der Waals surface area contributed by atoms with Gasteiger partial charge in [0.1, 0.15) is 18.5 Å². The van der Waals surface area contributed by atoms with Crippen molar-refractivity contribution in [1.29, 1.82) is 0 Å². The predicted molar refractivity (Wildman–Crippen MR) is 228 cm³/mol. The fourth-order valence-corrected chi connectivity index (χ4v) is 7.35. The van der Waals surface area contributed by atoms with E-state index in [-0.39, 0.29) is 24.1 Å². The third-order valence-electron chi connectivity index (χ3n) is 10.2. The number of benzene rings is 5. The SMILES string of the molecule is O=C(CCN1CCC(OC(=O)Nc2ccccc2-c2ccccc2)CC1)Nc1ccc(CNC[C@@H](O)c2ccc(OCc3ccccc3)c3[nH]c(=O)ccc23)cc1Cl. The summed E-state index contributed by atoms with van der Waals surface area (Å²) in [6, 6.07) is 39.4. The van der Waals surface area contributed by atoms with Gasteiger partial charge in [0.15, 0.2) is 0 Å². The van der Waals surface area contributed by atoms with E-state index < -0.39 is 12.2 Å². The summed E-state index contributed by atoms with van der Waals surface area (Å²) >= 11 is 6.58. The highest BCUT2D eigenvalue weighted by Gasteiger charge is 2.23. The minimum absolute atomic E-state index is 0.143. The van der Waals surface area contributed by atoms with Gasteiger partial charge in [-0.15, -0.1) is 0 Å². The normalized spacial score (nSPS) is 13.8. The second-order valence-corrected chi connectivity index (χ2v) is 14.7. The molecule has 1 saturated heterocycles. The number of nitrogens with zero attached hydrogens (tertiary/aromatic N) is 1. The van der Waals surface area contributed by atoms with E-state index in [1.54, 1.807) is 24.3 Å². The number of carbonyl (C=O) groups excluding carboxylic acids is 2. The van der Waals surface area contributed by atoms with Crippen LogP contribution in [0.4, 0.5) is 16.2 Å². The highest BCUT2D eigenvalue weighted by Crippen LogP contribution is 2.31. The second kappa shape index (κ2) is 19.4. The molecule has 0 bridgehead atoms. The van der Waals surface area contributed by atoms with Crippen LogP contribution in [-0.4, -0.2) is 59.3 Å². The quantitative estimate of drug-likeness (QED) is 0.0698. The molecule has 0 saturated carbocycles. The number of likely N-dealkylation sites (tertiary alicyclic amines) is 1. The van der Waals surface area contributed by atoms with Crippen molar-refractivity contribution in [3.63, 3.8) is 0 Å². The number of aromatic nitrogens is 1. The summed E-state index contributed by atoms with van der Waals surface area (Å²) in [6.07, 6.45) is 0.119. The molecule has 0 radical (unpaired) electrons. The molecule has 2 heterocycles. The molecule has 12 heteroatoms. The summed E-state index contributed by atoms with van der Waals surface area (Å²) in [4.78, 5) is 42.9. The lowest BCUT2D eigenvalue weighted by molar-refractivity contribution is -0.116. The number of halogens is 1. The molecule has 1 fully saturated rings. The Kier molecular flexibility index (Phi) is 13.5. The molecular formula is C46H46ClN5O6. The number of anilines is 2. The molecule has 5 N–H and O–H groups in total. The molecule has 2 amide bonds. The number of hydrogen-bond donors (Lipinski definition) is 5. The van der Waals surface area contributed by atoms with E-state index in [1.165, 1.54) is 6.07 Å². The van der Waals surface area contributed by atoms with Crippen LogP contribution in [0.15, 0.2) is 132 Å². The number of para-hydroxylation sites is 1. The number of H-pyrrole nitrogens is 1. The summed E-state index contributed by atoms with van der Waals surface area (Å²) in [5.41, 5.74) is 5.97.